The van der Waals surface area contributed by atoms with Gasteiger partial charge in [-0.15, -0.1) is 11.8 Å². The van der Waals surface area contributed by atoms with Crippen LogP contribution in [0.3, 0.4) is 0 Å². The number of phenols is 1. The molecule has 0 spiro atoms. The number of thioether (sulfide) groups is 1. The van der Waals surface area contributed by atoms with Gasteiger partial charge >= 0.3 is 0 Å². The number of carbonyl (C=O) groups is 2. The fourth-order valence-corrected chi connectivity index (χ4v) is 4.12. The Labute approximate surface area is 163 Å². The van der Waals surface area contributed by atoms with E-state index in [0.717, 1.165) is 30.5 Å². The Kier molecular flexibility index (Phi) is 6.76. The minimum atomic E-state index is -0.123. The van der Waals surface area contributed by atoms with Crippen LogP contribution in [0.15, 0.2) is 48.5 Å². The number of hydrogen-bond acceptors (Lipinski definition) is 4. The molecule has 0 saturated carbocycles. The summed E-state index contributed by atoms with van der Waals surface area (Å²) in [6.45, 7) is 0.563. The second-order valence-electron chi connectivity index (χ2n) is 6.56. The number of aromatic hydroxyl groups is 1. The van der Waals surface area contributed by atoms with Crippen molar-refractivity contribution < 1.29 is 14.7 Å². The molecule has 3 N–H and O–H groups in total. The summed E-state index contributed by atoms with van der Waals surface area (Å²) in [5.74, 6) is 0.890. The SMILES string of the molecule is O=C(CCS[C@@H]1CCc2ccccc2NC1=O)NCCc1ccc(O)cc1. The predicted octanol–water partition coefficient (Wildman–Crippen LogP) is 3.13. The average molecular weight is 385 g/mol. The number of fused-ring (bicyclic) bond motifs is 1. The third-order valence-electron chi connectivity index (χ3n) is 4.56. The van der Waals surface area contributed by atoms with Gasteiger partial charge in [0.05, 0.1) is 5.25 Å². The number of rotatable bonds is 7. The minimum absolute atomic E-state index is 0.00130. The average Bonchev–Trinajstić information content (AvgIpc) is 2.82. The molecule has 0 bridgehead atoms. The van der Waals surface area contributed by atoms with Crippen LogP contribution in [0, 0.1) is 0 Å². The van der Waals surface area contributed by atoms with Crippen LogP contribution in [0.4, 0.5) is 5.69 Å². The minimum Gasteiger partial charge on any atom is -0.508 e. The number of aryl methyl sites for hydroxylation is 1. The molecule has 3 rings (SSSR count). The highest BCUT2D eigenvalue weighted by Crippen LogP contribution is 2.27. The van der Waals surface area contributed by atoms with Crippen LogP contribution in [0.1, 0.15) is 24.0 Å². The van der Waals surface area contributed by atoms with Gasteiger partial charge in [-0.1, -0.05) is 30.3 Å². The molecule has 0 saturated heterocycles. The molecule has 1 aliphatic heterocycles. The molecule has 142 valence electrons. The van der Waals surface area contributed by atoms with Gasteiger partial charge in [-0.25, -0.2) is 0 Å². The monoisotopic (exact) mass is 384 g/mol. The number of phenolic OH excluding ortho intramolecular Hbond substituents is 1. The van der Waals surface area contributed by atoms with Gasteiger partial charge in [0, 0.05) is 24.4 Å². The third-order valence-corrected chi connectivity index (χ3v) is 5.86. The van der Waals surface area contributed by atoms with Crippen LogP contribution in [0.25, 0.3) is 0 Å². The normalized spacial score (nSPS) is 16.1. The number of benzene rings is 2. The molecule has 27 heavy (non-hydrogen) atoms. The molecule has 1 atom stereocenters. The Bertz CT molecular complexity index is 792. The van der Waals surface area contributed by atoms with Crippen molar-refractivity contribution in [2.24, 2.45) is 0 Å². The van der Waals surface area contributed by atoms with Crippen LogP contribution >= 0.6 is 11.8 Å². The zero-order chi connectivity index (χ0) is 19.1. The molecule has 2 aromatic rings. The van der Waals surface area contributed by atoms with Gasteiger partial charge in [-0.2, -0.15) is 0 Å². The lowest BCUT2D eigenvalue weighted by Gasteiger charge is -2.12. The Morgan fingerprint density at radius 2 is 1.96 bits per heavy atom. The predicted molar refractivity (Wildman–Crippen MR) is 109 cm³/mol. The Morgan fingerprint density at radius 1 is 1.19 bits per heavy atom. The van der Waals surface area contributed by atoms with E-state index in [2.05, 4.69) is 10.6 Å². The van der Waals surface area contributed by atoms with Crippen LogP contribution in [-0.4, -0.2) is 34.5 Å². The lowest BCUT2D eigenvalue weighted by Crippen LogP contribution is -2.27. The molecule has 0 aliphatic carbocycles. The number of para-hydroxylation sites is 1. The summed E-state index contributed by atoms with van der Waals surface area (Å²) in [5, 5.41) is 15.0. The Balaban J connectivity index is 1.36. The standard InChI is InChI=1S/C21H24N2O3S/c24-17-8-5-15(6-9-17)11-13-22-20(25)12-14-27-19-10-7-16-3-1-2-4-18(16)23-21(19)26/h1-6,8-9,19,24H,7,10-14H2,(H,22,25)(H,23,26)/t19-/m1/s1. The fraction of sp³-hybridized carbons (Fsp3) is 0.333. The van der Waals surface area contributed by atoms with Crippen molar-refractivity contribution in [1.82, 2.24) is 5.32 Å². The zero-order valence-corrected chi connectivity index (χ0v) is 15.9. The topological polar surface area (TPSA) is 78.4 Å². The first kappa shape index (κ1) is 19.3. The van der Waals surface area contributed by atoms with Gasteiger partial charge in [0.2, 0.25) is 11.8 Å². The van der Waals surface area contributed by atoms with E-state index < -0.39 is 0 Å². The maximum Gasteiger partial charge on any atom is 0.237 e. The van der Waals surface area contributed by atoms with Crippen molar-refractivity contribution in [3.8, 4) is 5.75 Å². The van der Waals surface area contributed by atoms with Gasteiger partial charge in [0.15, 0.2) is 0 Å². The van der Waals surface area contributed by atoms with Crippen molar-refractivity contribution in [3.05, 3.63) is 59.7 Å². The van der Waals surface area contributed by atoms with Gasteiger partial charge < -0.3 is 15.7 Å². The molecule has 0 aromatic heterocycles. The fourth-order valence-electron chi connectivity index (χ4n) is 3.04. The number of anilines is 1. The highest BCUT2D eigenvalue weighted by atomic mass is 32.2. The summed E-state index contributed by atoms with van der Waals surface area (Å²) in [4.78, 5) is 24.3. The summed E-state index contributed by atoms with van der Waals surface area (Å²) in [5.41, 5.74) is 3.13. The highest BCUT2D eigenvalue weighted by molar-refractivity contribution is 8.00. The maximum absolute atomic E-state index is 12.4. The Morgan fingerprint density at radius 3 is 2.78 bits per heavy atom. The van der Waals surface area contributed by atoms with Crippen molar-refractivity contribution >= 4 is 29.3 Å². The molecular weight excluding hydrogens is 360 g/mol. The van der Waals surface area contributed by atoms with E-state index in [4.69, 9.17) is 0 Å². The number of amides is 2. The highest BCUT2D eigenvalue weighted by Gasteiger charge is 2.23. The van der Waals surface area contributed by atoms with Crippen molar-refractivity contribution in [3.63, 3.8) is 0 Å². The molecule has 1 aliphatic rings. The maximum atomic E-state index is 12.4. The summed E-state index contributed by atoms with van der Waals surface area (Å²) < 4.78 is 0. The van der Waals surface area contributed by atoms with E-state index in [-0.39, 0.29) is 22.8 Å². The first-order valence-corrected chi connectivity index (χ1v) is 10.2. The molecule has 0 radical (unpaired) electrons. The molecule has 6 heteroatoms. The van der Waals surface area contributed by atoms with E-state index in [1.807, 2.05) is 36.4 Å². The molecular formula is C21H24N2O3S. The smallest absolute Gasteiger partial charge is 0.237 e. The number of nitrogens with one attached hydrogen (secondary N) is 2. The summed E-state index contributed by atoms with van der Waals surface area (Å²) in [7, 11) is 0. The second-order valence-corrected chi connectivity index (χ2v) is 7.87. The molecule has 0 fully saturated rings. The molecule has 2 aromatic carbocycles. The summed E-state index contributed by atoms with van der Waals surface area (Å²) in [6.07, 6.45) is 2.78. The van der Waals surface area contributed by atoms with Gasteiger partial charge in [-0.3, -0.25) is 9.59 Å². The molecule has 5 nitrogen and oxygen atoms in total. The summed E-state index contributed by atoms with van der Waals surface area (Å²) >= 11 is 1.55. The van der Waals surface area contributed by atoms with E-state index in [0.29, 0.717) is 18.7 Å². The van der Waals surface area contributed by atoms with Crippen LogP contribution < -0.4 is 10.6 Å². The third kappa shape index (κ3) is 5.76. The lowest BCUT2D eigenvalue weighted by atomic mass is 10.1. The Hall–Kier alpha value is -2.47. The molecule has 0 unspecified atom stereocenters. The van der Waals surface area contributed by atoms with Gasteiger partial charge in [0.25, 0.3) is 0 Å². The van der Waals surface area contributed by atoms with Crippen LogP contribution in [0.2, 0.25) is 0 Å². The summed E-state index contributed by atoms with van der Waals surface area (Å²) in [6, 6.07) is 14.9. The number of hydrogen-bond donors (Lipinski definition) is 3. The lowest BCUT2D eigenvalue weighted by molar-refractivity contribution is -0.120. The van der Waals surface area contributed by atoms with E-state index >= 15 is 0 Å². The molecule has 1 heterocycles. The number of carbonyl (C=O) groups excluding carboxylic acids is 2. The van der Waals surface area contributed by atoms with Crippen LogP contribution in [-0.2, 0) is 22.4 Å². The van der Waals surface area contributed by atoms with Gasteiger partial charge in [-0.05, 0) is 48.6 Å². The second kappa shape index (κ2) is 9.46. The van der Waals surface area contributed by atoms with Gasteiger partial charge in [0.1, 0.15) is 5.75 Å². The zero-order valence-electron chi connectivity index (χ0n) is 15.1. The molecule has 2 amide bonds. The van der Waals surface area contributed by atoms with E-state index in [1.165, 1.54) is 5.56 Å². The van der Waals surface area contributed by atoms with Crippen molar-refractivity contribution in [1.29, 1.82) is 0 Å². The quantitative estimate of drug-likeness (QED) is 0.685. The first-order valence-electron chi connectivity index (χ1n) is 9.17. The van der Waals surface area contributed by atoms with E-state index in [9.17, 15) is 14.7 Å². The van der Waals surface area contributed by atoms with Crippen LogP contribution in [0.5, 0.6) is 5.75 Å². The largest absolute Gasteiger partial charge is 0.508 e. The van der Waals surface area contributed by atoms with Crippen molar-refractivity contribution in [2.45, 2.75) is 30.9 Å². The first-order chi connectivity index (χ1) is 13.1. The van der Waals surface area contributed by atoms with Crippen molar-refractivity contribution in [2.75, 3.05) is 17.6 Å². The van der Waals surface area contributed by atoms with E-state index in [1.54, 1.807) is 23.9 Å².